The molecule has 4 heteroatoms. The van der Waals surface area contributed by atoms with Gasteiger partial charge in [-0.1, -0.05) is 0 Å². The number of fused-ring (bicyclic) bond motifs is 3. The van der Waals surface area contributed by atoms with Crippen LogP contribution in [-0.2, 0) is 4.74 Å². The topological polar surface area (TPSA) is 43.1 Å². The smallest absolute Gasteiger partial charge is 0.248 e. The van der Waals surface area contributed by atoms with Crippen molar-refractivity contribution < 1.29 is 19.5 Å². The largest absolute Gasteiger partial charge is 0.508 e. The van der Waals surface area contributed by atoms with Gasteiger partial charge >= 0.3 is 0 Å². The number of phenols is 1. The Kier molecular flexibility index (Phi) is 2.50. The van der Waals surface area contributed by atoms with Crippen LogP contribution in [0.25, 0.3) is 0 Å². The molecule has 3 aliphatic rings. The Morgan fingerprint density at radius 3 is 2.95 bits per heavy atom. The second-order valence-electron chi connectivity index (χ2n) is 5.87. The lowest BCUT2D eigenvalue weighted by Crippen LogP contribution is -3.23. The van der Waals surface area contributed by atoms with Gasteiger partial charge in [0.05, 0.1) is 19.1 Å². The summed E-state index contributed by atoms with van der Waals surface area (Å²) in [6, 6.07) is 5.54. The van der Waals surface area contributed by atoms with E-state index in [4.69, 9.17) is 9.47 Å². The number of morpholine rings is 1. The fraction of sp³-hybridized carbons (Fsp3) is 0.600. The van der Waals surface area contributed by atoms with Crippen LogP contribution in [0.4, 0.5) is 0 Å². The number of ether oxygens (including phenoxy) is 2. The number of quaternary nitrogens is 1. The Morgan fingerprint density at radius 1 is 1.26 bits per heavy atom. The van der Waals surface area contributed by atoms with E-state index in [1.54, 1.807) is 6.07 Å². The van der Waals surface area contributed by atoms with E-state index in [9.17, 15) is 5.11 Å². The molecular weight excluding hydrogens is 242 g/mol. The first kappa shape index (κ1) is 11.6. The third-order valence-electron chi connectivity index (χ3n) is 4.96. The lowest BCUT2D eigenvalue weighted by Gasteiger charge is -2.39. The molecule has 2 heterocycles. The molecule has 4 nitrogen and oxygen atoms in total. The van der Waals surface area contributed by atoms with Crippen molar-refractivity contribution in [2.75, 3.05) is 26.3 Å². The van der Waals surface area contributed by atoms with Crippen LogP contribution in [0.15, 0.2) is 18.2 Å². The van der Waals surface area contributed by atoms with Gasteiger partial charge in [-0.05, 0) is 31.0 Å². The van der Waals surface area contributed by atoms with Gasteiger partial charge in [0.15, 0.2) is 0 Å². The van der Waals surface area contributed by atoms with Gasteiger partial charge in [-0.2, -0.15) is 0 Å². The van der Waals surface area contributed by atoms with E-state index in [1.165, 1.54) is 23.3 Å². The minimum absolute atomic E-state index is 0.0973. The van der Waals surface area contributed by atoms with E-state index >= 15 is 0 Å². The number of rotatable bonds is 1. The molecule has 1 saturated carbocycles. The first-order valence-electron chi connectivity index (χ1n) is 7.24. The van der Waals surface area contributed by atoms with Gasteiger partial charge in [-0.3, -0.25) is 4.90 Å². The fourth-order valence-corrected chi connectivity index (χ4v) is 4.14. The first-order valence-corrected chi connectivity index (χ1v) is 7.24. The summed E-state index contributed by atoms with van der Waals surface area (Å²) in [5.41, 5.74) is 1.11. The standard InChI is InChI=1S/C15H19NO3/c17-11-3-4-14-12(10-11)13-2-1-5-15(13,19-14)16-6-8-18-9-7-16/h3-4,10,13,17H,1-2,5-9H2/p+1/t13-,15-/m1/s1. The molecule has 4 rings (SSSR count). The minimum atomic E-state index is -0.0973. The zero-order chi connectivity index (χ0) is 12.9. The molecule has 1 saturated heterocycles. The van der Waals surface area contributed by atoms with Crippen LogP contribution >= 0.6 is 0 Å². The normalized spacial score (nSPS) is 33.8. The number of aromatic hydroxyl groups is 1. The molecule has 2 atom stereocenters. The zero-order valence-corrected chi connectivity index (χ0v) is 11.0. The van der Waals surface area contributed by atoms with E-state index in [1.807, 2.05) is 12.1 Å². The molecule has 2 aliphatic heterocycles. The summed E-state index contributed by atoms with van der Waals surface area (Å²) in [7, 11) is 0. The predicted molar refractivity (Wildman–Crippen MR) is 69.6 cm³/mol. The van der Waals surface area contributed by atoms with Gasteiger partial charge in [0.25, 0.3) is 0 Å². The highest BCUT2D eigenvalue weighted by Crippen LogP contribution is 2.51. The van der Waals surface area contributed by atoms with Crippen LogP contribution in [0.1, 0.15) is 30.7 Å². The predicted octanol–water partition coefficient (Wildman–Crippen LogP) is 0.663. The second kappa shape index (κ2) is 4.12. The summed E-state index contributed by atoms with van der Waals surface area (Å²) in [5, 5.41) is 9.73. The van der Waals surface area contributed by atoms with Gasteiger partial charge < -0.3 is 14.6 Å². The molecule has 2 N–H and O–H groups in total. The maximum Gasteiger partial charge on any atom is 0.248 e. The van der Waals surface area contributed by atoms with Crippen molar-refractivity contribution in [3.63, 3.8) is 0 Å². The third kappa shape index (κ3) is 1.60. The van der Waals surface area contributed by atoms with Crippen LogP contribution in [0.3, 0.4) is 0 Å². The molecule has 0 radical (unpaired) electrons. The Morgan fingerprint density at radius 2 is 2.11 bits per heavy atom. The van der Waals surface area contributed by atoms with E-state index in [0.717, 1.165) is 38.5 Å². The van der Waals surface area contributed by atoms with E-state index in [0.29, 0.717) is 11.7 Å². The highest BCUT2D eigenvalue weighted by Gasteiger charge is 2.59. The quantitative estimate of drug-likeness (QED) is 0.781. The van der Waals surface area contributed by atoms with Gasteiger partial charge in [-0.15, -0.1) is 0 Å². The average molecular weight is 262 g/mol. The van der Waals surface area contributed by atoms with Gasteiger partial charge in [0, 0.05) is 12.0 Å². The Labute approximate surface area is 112 Å². The monoisotopic (exact) mass is 262 g/mol. The fourth-order valence-electron chi connectivity index (χ4n) is 4.14. The molecule has 0 bridgehead atoms. The number of hydrogen-bond donors (Lipinski definition) is 2. The number of phenolic OH excluding ortho intramolecular Hbond substituents is 1. The van der Waals surface area contributed by atoms with E-state index in [2.05, 4.69) is 0 Å². The van der Waals surface area contributed by atoms with Crippen LogP contribution < -0.4 is 9.64 Å². The van der Waals surface area contributed by atoms with E-state index < -0.39 is 0 Å². The van der Waals surface area contributed by atoms with Crippen molar-refractivity contribution in [3.05, 3.63) is 23.8 Å². The summed E-state index contributed by atoms with van der Waals surface area (Å²) < 4.78 is 11.9. The molecular formula is C15H20NO3+. The van der Waals surface area contributed by atoms with Crippen molar-refractivity contribution in [3.8, 4) is 11.5 Å². The Hall–Kier alpha value is -1.26. The molecule has 1 aromatic carbocycles. The van der Waals surface area contributed by atoms with Gasteiger partial charge in [-0.25, -0.2) is 0 Å². The molecule has 0 spiro atoms. The SMILES string of the molecule is Oc1ccc2c(c1)[C@H]1CCC[C@@]1([NH+]1CCOCC1)O2. The highest BCUT2D eigenvalue weighted by molar-refractivity contribution is 5.47. The third-order valence-corrected chi connectivity index (χ3v) is 4.96. The summed E-state index contributed by atoms with van der Waals surface area (Å²) in [6.45, 7) is 3.70. The van der Waals surface area contributed by atoms with Crippen LogP contribution in [0, 0.1) is 0 Å². The van der Waals surface area contributed by atoms with Crippen LogP contribution in [0.2, 0.25) is 0 Å². The maximum atomic E-state index is 9.73. The molecule has 1 aromatic rings. The Balaban J connectivity index is 1.73. The van der Waals surface area contributed by atoms with E-state index in [-0.39, 0.29) is 5.72 Å². The summed E-state index contributed by atoms with van der Waals surface area (Å²) in [5.74, 6) is 1.76. The average Bonchev–Trinajstić information content (AvgIpc) is 2.97. The summed E-state index contributed by atoms with van der Waals surface area (Å²) >= 11 is 0. The van der Waals surface area contributed by atoms with Crippen LogP contribution in [-0.4, -0.2) is 37.1 Å². The zero-order valence-electron chi connectivity index (χ0n) is 11.0. The number of nitrogens with one attached hydrogen (secondary N) is 1. The Bertz CT molecular complexity index is 498. The maximum absolute atomic E-state index is 9.73. The highest BCUT2D eigenvalue weighted by atomic mass is 16.5. The molecule has 19 heavy (non-hydrogen) atoms. The van der Waals surface area contributed by atoms with Gasteiger partial charge in [0.2, 0.25) is 5.72 Å². The summed E-state index contributed by atoms with van der Waals surface area (Å²) in [4.78, 5) is 1.52. The van der Waals surface area contributed by atoms with Gasteiger partial charge in [0.1, 0.15) is 24.6 Å². The molecule has 102 valence electrons. The molecule has 0 amide bonds. The van der Waals surface area contributed by atoms with Crippen molar-refractivity contribution in [1.29, 1.82) is 0 Å². The molecule has 2 fully saturated rings. The van der Waals surface area contributed by atoms with Crippen molar-refractivity contribution in [1.82, 2.24) is 0 Å². The molecule has 0 unspecified atom stereocenters. The lowest BCUT2D eigenvalue weighted by atomic mass is 9.92. The van der Waals surface area contributed by atoms with Crippen LogP contribution in [0.5, 0.6) is 11.5 Å². The second-order valence-corrected chi connectivity index (χ2v) is 5.87. The van der Waals surface area contributed by atoms with Crippen molar-refractivity contribution >= 4 is 0 Å². The minimum Gasteiger partial charge on any atom is -0.508 e. The van der Waals surface area contributed by atoms with Crippen molar-refractivity contribution in [2.24, 2.45) is 0 Å². The lowest BCUT2D eigenvalue weighted by molar-refractivity contribution is -0.980. The summed E-state index contributed by atoms with van der Waals surface area (Å²) in [6.07, 6.45) is 3.49. The molecule has 0 aromatic heterocycles. The number of benzene rings is 1. The van der Waals surface area contributed by atoms with Crippen molar-refractivity contribution in [2.45, 2.75) is 30.9 Å². The molecule has 1 aliphatic carbocycles. The first-order chi connectivity index (χ1) is 9.29. The number of hydrogen-bond acceptors (Lipinski definition) is 3.